The van der Waals surface area contributed by atoms with Crippen molar-refractivity contribution in [2.24, 2.45) is 23.7 Å². The first-order chi connectivity index (χ1) is 20.6. The van der Waals surface area contributed by atoms with Crippen LogP contribution in [0.4, 0.5) is 5.69 Å². The van der Waals surface area contributed by atoms with Crippen LogP contribution in [-0.4, -0.2) is 43.9 Å². The molecule has 1 fully saturated rings. The van der Waals surface area contributed by atoms with Gasteiger partial charge in [0.2, 0.25) is 10.0 Å². The zero-order valence-electron chi connectivity index (χ0n) is 25.5. The normalized spacial score (nSPS) is 29.4. The standard InChI is InChI=1S/C34H45ClN2O5S/c1-4-32(38)30-10-7-8-22(2)23(3)43(40,41)36-34(39)25-13-16-33-31(19-25)37(20-26-12-15-29(26)30)17-6-5-9-24-18-28(35)14-11-27(24)21-42-33/h7,10-11,13-14,16,18-19,22-23,26,29-30,32,38H,4-6,8-9,12,15,17,20-21H2,1-3H3,(H,36,39)/b10-7+/t22-,23+,26-,29+,30+,32-/m0/s1. The molecule has 2 heterocycles. The van der Waals surface area contributed by atoms with Crippen molar-refractivity contribution >= 4 is 33.2 Å². The first-order valence-electron chi connectivity index (χ1n) is 15.8. The van der Waals surface area contributed by atoms with E-state index in [2.05, 4.69) is 15.7 Å². The molecule has 6 atom stereocenters. The summed E-state index contributed by atoms with van der Waals surface area (Å²) in [4.78, 5) is 15.7. The summed E-state index contributed by atoms with van der Waals surface area (Å²) < 4.78 is 35.3. The molecule has 2 aromatic carbocycles. The largest absolute Gasteiger partial charge is 0.487 e. The van der Waals surface area contributed by atoms with Crippen LogP contribution in [0.2, 0.25) is 5.02 Å². The lowest BCUT2D eigenvalue weighted by Crippen LogP contribution is -2.44. The van der Waals surface area contributed by atoms with Crippen molar-refractivity contribution in [3.05, 3.63) is 70.3 Å². The summed E-state index contributed by atoms with van der Waals surface area (Å²) in [6.45, 7) is 7.46. The molecule has 2 aliphatic heterocycles. The van der Waals surface area contributed by atoms with Gasteiger partial charge in [0.05, 0.1) is 17.0 Å². The van der Waals surface area contributed by atoms with Crippen molar-refractivity contribution < 1.29 is 23.1 Å². The van der Waals surface area contributed by atoms with E-state index in [4.69, 9.17) is 16.3 Å². The number of carbonyl (C=O) groups excluding carboxylic acids is 1. The highest BCUT2D eigenvalue weighted by Gasteiger charge is 2.40. The maximum Gasteiger partial charge on any atom is 0.264 e. The van der Waals surface area contributed by atoms with Crippen LogP contribution in [0.5, 0.6) is 5.75 Å². The lowest BCUT2D eigenvalue weighted by atomic mass is 9.64. The Kier molecular flexibility index (Phi) is 10.1. The minimum atomic E-state index is -3.92. The smallest absolute Gasteiger partial charge is 0.264 e. The Hall–Kier alpha value is -2.55. The van der Waals surface area contributed by atoms with Gasteiger partial charge in [0.1, 0.15) is 12.4 Å². The molecule has 0 saturated heterocycles. The minimum absolute atomic E-state index is 0.0145. The van der Waals surface area contributed by atoms with Crippen LogP contribution in [0.1, 0.15) is 80.8 Å². The molecule has 1 aliphatic carbocycles. The summed E-state index contributed by atoms with van der Waals surface area (Å²) in [5, 5.41) is 11.0. The van der Waals surface area contributed by atoms with Gasteiger partial charge < -0.3 is 14.7 Å². The molecule has 43 heavy (non-hydrogen) atoms. The van der Waals surface area contributed by atoms with Gasteiger partial charge in [-0.2, -0.15) is 0 Å². The number of aliphatic hydroxyl groups excluding tert-OH is 1. The van der Waals surface area contributed by atoms with Crippen LogP contribution in [0.3, 0.4) is 0 Å². The van der Waals surface area contributed by atoms with Crippen molar-refractivity contribution in [3.63, 3.8) is 0 Å². The number of aliphatic hydroxyl groups is 1. The Balaban J connectivity index is 1.56. The van der Waals surface area contributed by atoms with Crippen molar-refractivity contribution in [1.29, 1.82) is 0 Å². The maximum atomic E-state index is 13.4. The van der Waals surface area contributed by atoms with E-state index in [-0.39, 0.29) is 17.4 Å². The van der Waals surface area contributed by atoms with Crippen LogP contribution in [0.25, 0.3) is 0 Å². The number of allylic oxidation sites excluding steroid dienone is 1. The summed E-state index contributed by atoms with van der Waals surface area (Å²) in [5.41, 5.74) is 3.34. The molecule has 2 N–H and O–H groups in total. The van der Waals surface area contributed by atoms with Gasteiger partial charge in [0.25, 0.3) is 5.91 Å². The lowest BCUT2D eigenvalue weighted by Gasteiger charge is -2.45. The zero-order valence-corrected chi connectivity index (χ0v) is 27.0. The Bertz CT molecular complexity index is 1440. The molecule has 1 saturated carbocycles. The monoisotopic (exact) mass is 628 g/mol. The van der Waals surface area contributed by atoms with E-state index in [0.717, 1.165) is 56.4 Å². The molecule has 2 bridgehead atoms. The quantitative estimate of drug-likeness (QED) is 0.368. The molecule has 3 aliphatic rings. The van der Waals surface area contributed by atoms with Crippen LogP contribution < -0.4 is 14.4 Å². The number of ether oxygens (including phenoxy) is 1. The number of carbonyl (C=O) groups is 1. The van der Waals surface area contributed by atoms with Gasteiger partial charge in [-0.3, -0.25) is 4.79 Å². The summed E-state index contributed by atoms with van der Waals surface area (Å²) in [7, 11) is -3.92. The number of halogens is 1. The number of benzene rings is 2. The number of hydrogen-bond acceptors (Lipinski definition) is 6. The number of anilines is 1. The van der Waals surface area contributed by atoms with E-state index in [1.807, 2.05) is 38.1 Å². The van der Waals surface area contributed by atoms with Gasteiger partial charge in [-0.15, -0.1) is 0 Å². The van der Waals surface area contributed by atoms with E-state index in [1.165, 1.54) is 5.56 Å². The lowest BCUT2D eigenvalue weighted by molar-refractivity contribution is 0.0317. The SMILES string of the molecule is CC[C@H](O)[C@@H]1/C=C/C[C@H](C)[C@@H](C)S(=O)(=O)NC(=O)c2ccc3c(c2)N(CCCCc2cc(Cl)ccc2CO3)C[C@@H]2CC[C@H]21. The second-order valence-corrected chi connectivity index (χ2v) is 15.1. The first-order valence-corrected chi connectivity index (χ1v) is 17.7. The summed E-state index contributed by atoms with van der Waals surface area (Å²) in [6.07, 6.45) is 9.85. The average Bonchev–Trinajstić information content (AvgIpc) is 3.00. The molecule has 2 aromatic rings. The third-order valence-electron chi connectivity index (χ3n) is 9.92. The third kappa shape index (κ3) is 7.23. The van der Waals surface area contributed by atoms with Crippen LogP contribution >= 0.6 is 11.6 Å². The van der Waals surface area contributed by atoms with Crippen LogP contribution in [0.15, 0.2) is 48.6 Å². The minimum Gasteiger partial charge on any atom is -0.487 e. The highest BCUT2D eigenvalue weighted by molar-refractivity contribution is 7.90. The fourth-order valence-electron chi connectivity index (χ4n) is 6.75. The number of nitrogens with zero attached hydrogens (tertiary/aromatic N) is 1. The Labute approximate surface area is 261 Å². The molecule has 7 nitrogen and oxygen atoms in total. The maximum absolute atomic E-state index is 13.4. The van der Waals surface area contributed by atoms with E-state index < -0.39 is 27.3 Å². The summed E-state index contributed by atoms with van der Waals surface area (Å²) in [5.74, 6) is 0.543. The molecular weight excluding hydrogens is 584 g/mol. The highest BCUT2D eigenvalue weighted by atomic mass is 35.5. The number of hydrogen-bond donors (Lipinski definition) is 2. The topological polar surface area (TPSA) is 95.9 Å². The fraction of sp³-hybridized carbons (Fsp3) is 0.559. The predicted octanol–water partition coefficient (Wildman–Crippen LogP) is 6.52. The first kappa shape index (κ1) is 31.9. The van der Waals surface area contributed by atoms with Gasteiger partial charge in [-0.25, -0.2) is 13.1 Å². The fourth-order valence-corrected chi connectivity index (χ4v) is 8.23. The van der Waals surface area contributed by atoms with E-state index in [9.17, 15) is 18.3 Å². The van der Waals surface area contributed by atoms with Gasteiger partial charge >= 0.3 is 0 Å². The van der Waals surface area contributed by atoms with Crippen molar-refractivity contribution in [2.45, 2.75) is 83.7 Å². The zero-order chi connectivity index (χ0) is 30.7. The van der Waals surface area contributed by atoms with E-state index in [1.54, 1.807) is 25.1 Å². The number of aryl methyl sites for hydroxylation is 1. The van der Waals surface area contributed by atoms with Gasteiger partial charge in [0, 0.05) is 29.6 Å². The molecular formula is C34H45ClN2O5S. The molecule has 0 spiro atoms. The molecule has 1 amide bonds. The second kappa shape index (κ2) is 13.6. The Morgan fingerprint density at radius 3 is 2.67 bits per heavy atom. The third-order valence-corrected chi connectivity index (χ3v) is 12.1. The van der Waals surface area contributed by atoms with E-state index >= 15 is 0 Å². The van der Waals surface area contributed by atoms with E-state index in [0.29, 0.717) is 42.1 Å². The number of sulfonamides is 1. The predicted molar refractivity (Wildman–Crippen MR) is 172 cm³/mol. The van der Waals surface area contributed by atoms with Crippen LogP contribution in [0, 0.1) is 23.7 Å². The molecule has 0 aromatic heterocycles. The van der Waals surface area contributed by atoms with Crippen molar-refractivity contribution in [1.82, 2.24) is 4.72 Å². The van der Waals surface area contributed by atoms with Gasteiger partial charge in [-0.05, 0) is 111 Å². The van der Waals surface area contributed by atoms with Gasteiger partial charge in [0.15, 0.2) is 0 Å². The Morgan fingerprint density at radius 1 is 1.12 bits per heavy atom. The summed E-state index contributed by atoms with van der Waals surface area (Å²) in [6, 6.07) is 11.1. The number of rotatable bonds is 2. The summed E-state index contributed by atoms with van der Waals surface area (Å²) >= 11 is 6.33. The average molecular weight is 629 g/mol. The Morgan fingerprint density at radius 2 is 1.93 bits per heavy atom. The second-order valence-electron chi connectivity index (χ2n) is 12.7. The molecule has 5 rings (SSSR count). The molecule has 234 valence electrons. The molecule has 0 unspecified atom stereocenters. The van der Waals surface area contributed by atoms with Crippen molar-refractivity contribution in [3.8, 4) is 5.75 Å². The van der Waals surface area contributed by atoms with Gasteiger partial charge in [-0.1, -0.05) is 43.7 Å². The number of amides is 1. The molecule has 0 radical (unpaired) electrons. The number of fused-ring (bicyclic) bond motifs is 3. The highest BCUT2D eigenvalue weighted by Crippen LogP contribution is 2.44. The molecule has 9 heteroatoms. The van der Waals surface area contributed by atoms with Crippen molar-refractivity contribution in [2.75, 3.05) is 18.0 Å². The van der Waals surface area contributed by atoms with Crippen LogP contribution in [-0.2, 0) is 23.1 Å². The number of nitrogens with one attached hydrogen (secondary N) is 1.